The minimum absolute atomic E-state index is 0.553. The van der Waals surface area contributed by atoms with Gasteiger partial charge in [-0.3, -0.25) is 4.79 Å². The standard InChI is InChI=1S/C8H10BrNO3S/c1-3-2-4(9)7(14-3)6(11)5(10)8(12)13/h2,5-6,11H,10H2,1H3,(H,12,13). The maximum absolute atomic E-state index is 10.5. The van der Waals surface area contributed by atoms with E-state index in [9.17, 15) is 9.90 Å². The topological polar surface area (TPSA) is 83.5 Å². The first-order valence-electron chi connectivity index (χ1n) is 3.85. The van der Waals surface area contributed by atoms with E-state index in [1.54, 1.807) is 0 Å². The average molecular weight is 280 g/mol. The van der Waals surface area contributed by atoms with Crippen LogP contribution in [0.3, 0.4) is 0 Å². The van der Waals surface area contributed by atoms with Crippen LogP contribution in [0.15, 0.2) is 10.5 Å². The second-order valence-corrected chi connectivity index (χ2v) is 5.02. The fourth-order valence-electron chi connectivity index (χ4n) is 1.00. The second kappa shape index (κ2) is 4.39. The van der Waals surface area contributed by atoms with E-state index in [2.05, 4.69) is 15.9 Å². The molecule has 4 N–H and O–H groups in total. The number of halogens is 1. The number of aliphatic hydroxyl groups excluding tert-OH is 1. The molecular weight excluding hydrogens is 270 g/mol. The minimum Gasteiger partial charge on any atom is -0.480 e. The zero-order valence-electron chi connectivity index (χ0n) is 7.40. The molecule has 0 aliphatic carbocycles. The average Bonchev–Trinajstić information content (AvgIpc) is 2.42. The lowest BCUT2D eigenvalue weighted by molar-refractivity contribution is -0.141. The van der Waals surface area contributed by atoms with E-state index in [0.717, 1.165) is 4.88 Å². The first-order valence-corrected chi connectivity index (χ1v) is 5.46. The van der Waals surface area contributed by atoms with Gasteiger partial charge in [0.2, 0.25) is 0 Å². The van der Waals surface area contributed by atoms with Gasteiger partial charge in [0.25, 0.3) is 0 Å². The summed E-state index contributed by atoms with van der Waals surface area (Å²) in [4.78, 5) is 12.1. The molecule has 0 aliphatic rings. The van der Waals surface area contributed by atoms with Crippen LogP contribution >= 0.6 is 27.3 Å². The van der Waals surface area contributed by atoms with Crippen molar-refractivity contribution in [3.8, 4) is 0 Å². The molecule has 78 valence electrons. The Kier molecular flexibility index (Phi) is 3.65. The monoisotopic (exact) mass is 279 g/mol. The Balaban J connectivity index is 2.94. The van der Waals surface area contributed by atoms with Gasteiger partial charge in [-0.25, -0.2) is 0 Å². The van der Waals surface area contributed by atoms with Crippen LogP contribution in [-0.4, -0.2) is 22.2 Å². The number of rotatable bonds is 3. The van der Waals surface area contributed by atoms with Gasteiger partial charge in [0.15, 0.2) is 0 Å². The van der Waals surface area contributed by atoms with Crippen molar-refractivity contribution in [1.29, 1.82) is 0 Å². The number of aliphatic carboxylic acids is 1. The molecule has 0 aromatic carbocycles. The summed E-state index contributed by atoms with van der Waals surface area (Å²) in [6.07, 6.45) is -1.17. The molecule has 0 bridgehead atoms. The highest BCUT2D eigenvalue weighted by molar-refractivity contribution is 9.10. The van der Waals surface area contributed by atoms with Crippen molar-refractivity contribution < 1.29 is 15.0 Å². The van der Waals surface area contributed by atoms with Gasteiger partial charge in [-0.15, -0.1) is 11.3 Å². The summed E-state index contributed by atoms with van der Waals surface area (Å²) in [5.41, 5.74) is 5.31. The predicted octanol–water partition coefficient (Wildman–Crippen LogP) is 1.26. The van der Waals surface area contributed by atoms with Crippen molar-refractivity contribution >= 4 is 33.2 Å². The van der Waals surface area contributed by atoms with Crippen LogP contribution in [0.4, 0.5) is 0 Å². The zero-order chi connectivity index (χ0) is 10.9. The maximum Gasteiger partial charge on any atom is 0.323 e. The number of nitrogens with two attached hydrogens (primary N) is 1. The lowest BCUT2D eigenvalue weighted by Crippen LogP contribution is -2.36. The smallest absolute Gasteiger partial charge is 0.323 e. The second-order valence-electron chi connectivity index (χ2n) is 2.88. The van der Waals surface area contributed by atoms with Crippen molar-refractivity contribution in [3.63, 3.8) is 0 Å². The molecule has 6 heteroatoms. The third kappa shape index (κ3) is 2.33. The molecule has 2 atom stereocenters. The van der Waals surface area contributed by atoms with E-state index in [0.29, 0.717) is 9.35 Å². The van der Waals surface area contributed by atoms with E-state index in [1.807, 2.05) is 13.0 Å². The van der Waals surface area contributed by atoms with Crippen LogP contribution in [0.1, 0.15) is 15.9 Å². The number of carboxylic acids is 1. The molecule has 0 saturated heterocycles. The van der Waals surface area contributed by atoms with Crippen molar-refractivity contribution in [2.45, 2.75) is 19.1 Å². The highest BCUT2D eigenvalue weighted by atomic mass is 79.9. The molecule has 2 unspecified atom stereocenters. The number of aliphatic hydroxyl groups is 1. The summed E-state index contributed by atoms with van der Waals surface area (Å²) < 4.78 is 0.698. The Hall–Kier alpha value is -0.430. The number of carbonyl (C=O) groups is 1. The lowest BCUT2D eigenvalue weighted by atomic mass is 10.1. The lowest BCUT2D eigenvalue weighted by Gasteiger charge is -2.13. The number of hydrogen-bond donors (Lipinski definition) is 3. The van der Waals surface area contributed by atoms with Gasteiger partial charge in [0, 0.05) is 14.2 Å². The Morgan fingerprint density at radius 1 is 1.71 bits per heavy atom. The number of hydrogen-bond acceptors (Lipinski definition) is 4. The number of thiophene rings is 1. The SMILES string of the molecule is Cc1cc(Br)c(C(O)C(N)C(=O)O)s1. The molecule has 0 spiro atoms. The summed E-state index contributed by atoms with van der Waals surface area (Å²) in [6.45, 7) is 1.87. The van der Waals surface area contributed by atoms with E-state index in [1.165, 1.54) is 11.3 Å². The highest BCUT2D eigenvalue weighted by Crippen LogP contribution is 2.33. The molecule has 1 aromatic heterocycles. The van der Waals surface area contributed by atoms with Gasteiger partial charge >= 0.3 is 5.97 Å². The van der Waals surface area contributed by atoms with Crippen LogP contribution in [0.2, 0.25) is 0 Å². The van der Waals surface area contributed by atoms with Crippen LogP contribution in [-0.2, 0) is 4.79 Å². The van der Waals surface area contributed by atoms with Gasteiger partial charge in [-0.2, -0.15) is 0 Å². The van der Waals surface area contributed by atoms with Crippen molar-refractivity contribution in [2.75, 3.05) is 0 Å². The molecule has 1 heterocycles. The number of carboxylic acid groups (broad SMARTS) is 1. The van der Waals surface area contributed by atoms with Gasteiger partial charge in [-0.05, 0) is 28.9 Å². The maximum atomic E-state index is 10.5. The number of aryl methyl sites for hydroxylation is 1. The fourth-order valence-corrected chi connectivity index (χ4v) is 2.92. The molecule has 0 amide bonds. The van der Waals surface area contributed by atoms with E-state index in [4.69, 9.17) is 10.8 Å². The van der Waals surface area contributed by atoms with Gasteiger partial charge in [0.1, 0.15) is 12.1 Å². The van der Waals surface area contributed by atoms with E-state index < -0.39 is 18.1 Å². The van der Waals surface area contributed by atoms with Crippen LogP contribution in [0.25, 0.3) is 0 Å². The van der Waals surface area contributed by atoms with Crippen LogP contribution in [0.5, 0.6) is 0 Å². The quantitative estimate of drug-likeness (QED) is 0.778. The minimum atomic E-state index is -1.29. The highest BCUT2D eigenvalue weighted by Gasteiger charge is 2.26. The summed E-state index contributed by atoms with van der Waals surface area (Å²) >= 11 is 4.57. The third-order valence-electron chi connectivity index (χ3n) is 1.73. The van der Waals surface area contributed by atoms with Gasteiger partial charge in [0.05, 0.1) is 0 Å². The normalized spacial score (nSPS) is 15.1. The van der Waals surface area contributed by atoms with E-state index in [-0.39, 0.29) is 0 Å². The molecule has 0 radical (unpaired) electrons. The van der Waals surface area contributed by atoms with Crippen molar-refractivity contribution in [1.82, 2.24) is 0 Å². The summed E-state index contributed by atoms with van der Waals surface area (Å²) in [6, 6.07) is 0.530. The summed E-state index contributed by atoms with van der Waals surface area (Å²) in [5, 5.41) is 18.2. The molecule has 14 heavy (non-hydrogen) atoms. The molecule has 0 saturated carbocycles. The molecule has 0 aliphatic heterocycles. The van der Waals surface area contributed by atoms with Crippen LogP contribution < -0.4 is 5.73 Å². The Morgan fingerprint density at radius 3 is 2.64 bits per heavy atom. The molecule has 1 aromatic rings. The summed E-state index contributed by atoms with van der Waals surface area (Å²) in [7, 11) is 0. The van der Waals surface area contributed by atoms with E-state index >= 15 is 0 Å². The van der Waals surface area contributed by atoms with Crippen molar-refractivity contribution in [2.24, 2.45) is 5.73 Å². The largest absolute Gasteiger partial charge is 0.480 e. The fraction of sp³-hybridized carbons (Fsp3) is 0.375. The molecule has 0 fully saturated rings. The Morgan fingerprint density at radius 2 is 2.29 bits per heavy atom. The summed E-state index contributed by atoms with van der Waals surface area (Å²) in [5.74, 6) is -1.21. The Bertz CT molecular complexity index is 352. The van der Waals surface area contributed by atoms with Gasteiger partial charge in [-0.1, -0.05) is 0 Å². The van der Waals surface area contributed by atoms with Crippen molar-refractivity contribution in [3.05, 3.63) is 20.3 Å². The predicted molar refractivity (Wildman–Crippen MR) is 57.3 cm³/mol. The van der Waals surface area contributed by atoms with Gasteiger partial charge < -0.3 is 15.9 Å². The van der Waals surface area contributed by atoms with Crippen LogP contribution in [0, 0.1) is 6.92 Å². The first kappa shape index (κ1) is 11.6. The molecule has 4 nitrogen and oxygen atoms in total. The third-order valence-corrected chi connectivity index (χ3v) is 3.77. The Labute approximate surface area is 93.5 Å². The molecular formula is C8H10BrNO3S. The molecule has 1 rings (SSSR count). The zero-order valence-corrected chi connectivity index (χ0v) is 9.80. The first-order chi connectivity index (χ1) is 6.43.